The van der Waals surface area contributed by atoms with Crippen molar-refractivity contribution in [3.05, 3.63) is 21.4 Å². The number of rotatable bonds is 4. The molecule has 2 rings (SSSR count). The van der Waals surface area contributed by atoms with Crippen LogP contribution in [-0.4, -0.2) is 36.9 Å². The number of hydrogen-bond acceptors (Lipinski definition) is 4. The Morgan fingerprint density at radius 2 is 2.43 bits per heavy atom. The number of aliphatic hydroxyl groups excluding tert-OH is 1. The Labute approximate surface area is 129 Å². The van der Waals surface area contributed by atoms with Gasteiger partial charge in [-0.05, 0) is 31.4 Å². The molecule has 1 amide bonds. The third kappa shape index (κ3) is 4.07. The number of hydrogen-bond donors (Lipinski definition) is 2. The van der Waals surface area contributed by atoms with Gasteiger partial charge in [-0.1, -0.05) is 18.8 Å². The maximum absolute atomic E-state index is 12.2. The number of nitrogens with one attached hydrogen (secondary N) is 1. The van der Waals surface area contributed by atoms with Crippen LogP contribution in [0, 0.1) is 24.7 Å². The van der Waals surface area contributed by atoms with Gasteiger partial charge in [0, 0.05) is 19.1 Å². The Morgan fingerprint density at radius 3 is 3.14 bits per heavy atom. The first-order valence-corrected chi connectivity index (χ1v) is 8.07. The molecule has 0 aromatic carbocycles. The molecule has 4 nitrogen and oxygen atoms in total. The first-order chi connectivity index (χ1) is 10.2. The highest BCUT2D eigenvalue weighted by Crippen LogP contribution is 2.24. The fraction of sp³-hybridized carbons (Fsp3) is 0.562. The Morgan fingerprint density at radius 1 is 1.62 bits per heavy atom. The summed E-state index contributed by atoms with van der Waals surface area (Å²) in [7, 11) is 0. The molecule has 0 aliphatic carbocycles. The molecule has 0 saturated carbocycles. The van der Waals surface area contributed by atoms with Crippen molar-refractivity contribution in [2.75, 3.05) is 19.8 Å². The Kier molecular flexibility index (Phi) is 5.80. The molecule has 2 atom stereocenters. The molecule has 2 N–H and O–H groups in total. The molecule has 1 aromatic heterocycles. The largest absolute Gasteiger partial charge is 0.384 e. The van der Waals surface area contributed by atoms with Gasteiger partial charge in [-0.2, -0.15) is 0 Å². The smallest absolute Gasteiger partial charge is 0.261 e. The predicted octanol–water partition coefficient (Wildman–Crippen LogP) is 1.95. The lowest BCUT2D eigenvalue weighted by Crippen LogP contribution is -2.32. The summed E-state index contributed by atoms with van der Waals surface area (Å²) in [5.41, 5.74) is 0.974. The van der Waals surface area contributed by atoms with Crippen LogP contribution in [0.2, 0.25) is 0 Å². The number of ether oxygens (including phenoxy) is 1. The zero-order chi connectivity index (χ0) is 15.2. The van der Waals surface area contributed by atoms with Gasteiger partial charge in [-0.15, -0.1) is 11.3 Å². The standard InChI is InChI=1S/C16H21NO3S/c1-3-13-12(6-8-20-13)10-17-16(19)15-9-11(2)14(21-15)5-4-7-18/h9,12-13,18H,3,6-8,10H2,1-2H3,(H,17,19). The van der Waals surface area contributed by atoms with Gasteiger partial charge in [0.2, 0.25) is 0 Å². The molecule has 21 heavy (non-hydrogen) atoms. The van der Waals surface area contributed by atoms with Gasteiger partial charge in [-0.3, -0.25) is 4.79 Å². The molecule has 114 valence electrons. The third-order valence-electron chi connectivity index (χ3n) is 3.70. The Balaban J connectivity index is 1.94. The van der Waals surface area contributed by atoms with E-state index in [-0.39, 0.29) is 18.6 Å². The van der Waals surface area contributed by atoms with E-state index in [1.54, 1.807) is 0 Å². The van der Waals surface area contributed by atoms with E-state index in [1.165, 1.54) is 11.3 Å². The highest BCUT2D eigenvalue weighted by Gasteiger charge is 2.27. The van der Waals surface area contributed by atoms with Crippen molar-refractivity contribution in [3.8, 4) is 11.8 Å². The molecule has 1 fully saturated rings. The molecule has 1 saturated heterocycles. The number of aliphatic hydroxyl groups is 1. The summed E-state index contributed by atoms with van der Waals surface area (Å²) < 4.78 is 5.63. The van der Waals surface area contributed by atoms with Crippen LogP contribution in [0.1, 0.15) is 39.9 Å². The molecule has 1 aliphatic rings. The maximum atomic E-state index is 12.2. The number of carbonyl (C=O) groups is 1. The van der Waals surface area contributed by atoms with E-state index in [9.17, 15) is 4.79 Å². The third-order valence-corrected chi connectivity index (χ3v) is 4.85. The Hall–Kier alpha value is -1.35. The minimum absolute atomic E-state index is 0.0538. The van der Waals surface area contributed by atoms with Crippen LogP contribution in [0.3, 0.4) is 0 Å². The van der Waals surface area contributed by atoms with Gasteiger partial charge < -0.3 is 15.2 Å². The van der Waals surface area contributed by atoms with Gasteiger partial charge in [0.15, 0.2) is 0 Å². The molecule has 0 spiro atoms. The van der Waals surface area contributed by atoms with E-state index in [2.05, 4.69) is 24.1 Å². The fourth-order valence-corrected chi connectivity index (χ4v) is 3.49. The number of aryl methyl sites for hydroxylation is 1. The zero-order valence-electron chi connectivity index (χ0n) is 12.4. The van der Waals surface area contributed by atoms with Crippen LogP contribution in [0.4, 0.5) is 0 Å². The van der Waals surface area contributed by atoms with Gasteiger partial charge in [0.05, 0.1) is 15.9 Å². The summed E-state index contributed by atoms with van der Waals surface area (Å²) in [6.07, 6.45) is 2.26. The minimum atomic E-state index is -0.168. The van der Waals surface area contributed by atoms with Gasteiger partial charge in [-0.25, -0.2) is 0 Å². The minimum Gasteiger partial charge on any atom is -0.384 e. The second-order valence-electron chi connectivity index (χ2n) is 5.16. The number of thiophene rings is 1. The molecular weight excluding hydrogens is 286 g/mol. The molecule has 2 unspecified atom stereocenters. The zero-order valence-corrected chi connectivity index (χ0v) is 13.3. The average Bonchev–Trinajstić information content (AvgIpc) is 3.08. The second kappa shape index (κ2) is 7.60. The number of amides is 1. The van der Waals surface area contributed by atoms with Crippen molar-refractivity contribution >= 4 is 17.2 Å². The van der Waals surface area contributed by atoms with Crippen molar-refractivity contribution in [3.63, 3.8) is 0 Å². The fourth-order valence-electron chi connectivity index (χ4n) is 2.53. The molecule has 2 heterocycles. The molecule has 0 radical (unpaired) electrons. The highest BCUT2D eigenvalue weighted by atomic mass is 32.1. The van der Waals surface area contributed by atoms with Crippen LogP contribution in [0.15, 0.2) is 6.07 Å². The van der Waals surface area contributed by atoms with Crippen molar-refractivity contribution in [2.45, 2.75) is 32.8 Å². The Bertz CT molecular complexity index is 556. The van der Waals surface area contributed by atoms with Crippen molar-refractivity contribution < 1.29 is 14.6 Å². The molecule has 5 heteroatoms. The van der Waals surface area contributed by atoms with Crippen molar-refractivity contribution in [1.82, 2.24) is 5.32 Å². The van der Waals surface area contributed by atoms with Gasteiger partial charge in [0.1, 0.15) is 6.61 Å². The quantitative estimate of drug-likeness (QED) is 0.836. The van der Waals surface area contributed by atoms with E-state index in [4.69, 9.17) is 9.84 Å². The van der Waals surface area contributed by atoms with Crippen LogP contribution in [-0.2, 0) is 4.74 Å². The summed E-state index contributed by atoms with van der Waals surface area (Å²) in [5.74, 6) is 5.84. The molecule has 1 aromatic rings. The van der Waals surface area contributed by atoms with Gasteiger partial charge in [0.25, 0.3) is 5.91 Å². The first-order valence-electron chi connectivity index (χ1n) is 7.25. The normalized spacial score (nSPS) is 20.9. The maximum Gasteiger partial charge on any atom is 0.261 e. The average molecular weight is 307 g/mol. The molecule has 1 aliphatic heterocycles. The van der Waals surface area contributed by atoms with E-state index in [0.717, 1.165) is 29.9 Å². The predicted molar refractivity (Wildman–Crippen MR) is 83.5 cm³/mol. The van der Waals surface area contributed by atoms with Crippen LogP contribution in [0.5, 0.6) is 0 Å². The van der Waals surface area contributed by atoms with Crippen LogP contribution < -0.4 is 5.32 Å². The van der Waals surface area contributed by atoms with Crippen molar-refractivity contribution in [1.29, 1.82) is 0 Å². The second-order valence-corrected chi connectivity index (χ2v) is 6.21. The van der Waals surface area contributed by atoms with E-state index in [1.807, 2.05) is 13.0 Å². The summed E-state index contributed by atoms with van der Waals surface area (Å²) in [6.45, 7) is 5.31. The van der Waals surface area contributed by atoms with Gasteiger partial charge >= 0.3 is 0 Å². The topological polar surface area (TPSA) is 58.6 Å². The highest BCUT2D eigenvalue weighted by molar-refractivity contribution is 7.14. The SMILES string of the molecule is CCC1OCCC1CNC(=O)c1cc(C)c(C#CCO)s1. The van der Waals surface area contributed by atoms with Crippen LogP contribution in [0.25, 0.3) is 0 Å². The summed E-state index contributed by atoms with van der Waals surface area (Å²) in [5, 5.41) is 11.7. The number of carbonyl (C=O) groups excluding carboxylic acids is 1. The lowest BCUT2D eigenvalue weighted by atomic mass is 10.00. The molecular formula is C16H21NO3S. The first kappa shape index (κ1) is 16.0. The van der Waals surface area contributed by atoms with E-state index in [0.29, 0.717) is 17.3 Å². The lowest BCUT2D eigenvalue weighted by Gasteiger charge is -2.16. The summed E-state index contributed by atoms with van der Waals surface area (Å²) >= 11 is 1.37. The summed E-state index contributed by atoms with van der Waals surface area (Å²) in [4.78, 5) is 13.7. The summed E-state index contributed by atoms with van der Waals surface area (Å²) in [6, 6.07) is 1.85. The molecule has 0 bridgehead atoms. The van der Waals surface area contributed by atoms with Crippen LogP contribution >= 0.6 is 11.3 Å². The van der Waals surface area contributed by atoms with E-state index < -0.39 is 0 Å². The monoisotopic (exact) mass is 307 g/mol. The van der Waals surface area contributed by atoms with E-state index >= 15 is 0 Å². The lowest BCUT2D eigenvalue weighted by molar-refractivity contribution is 0.0828. The van der Waals surface area contributed by atoms with Crippen molar-refractivity contribution in [2.24, 2.45) is 5.92 Å².